The Hall–Kier alpha value is -1.45. The average molecular weight is 474 g/mol. The van der Waals surface area contributed by atoms with E-state index in [0.717, 1.165) is 0 Å². The molecular formula is C12H8Cl2N4Pt. The Morgan fingerprint density at radius 3 is 1.21 bits per heavy atom. The van der Waals surface area contributed by atoms with Gasteiger partial charge in [-0.25, -0.2) is 0 Å². The van der Waals surface area contributed by atoms with Crippen LogP contribution in [0.5, 0.6) is 0 Å². The molecule has 0 saturated carbocycles. The monoisotopic (exact) mass is 473 g/mol. The Morgan fingerprint density at radius 1 is 0.789 bits per heavy atom. The van der Waals surface area contributed by atoms with Crippen LogP contribution in [0.3, 0.4) is 0 Å². The maximum absolute atomic E-state index is 8.26. The van der Waals surface area contributed by atoms with Crippen molar-refractivity contribution >= 4 is 18.8 Å². The Kier molecular flexibility index (Phi) is 12.0. The quantitative estimate of drug-likeness (QED) is 0.588. The molecule has 0 aliphatic carbocycles. The second-order valence-electron chi connectivity index (χ2n) is 2.74. The van der Waals surface area contributed by atoms with Crippen LogP contribution in [0.15, 0.2) is 49.1 Å². The van der Waals surface area contributed by atoms with E-state index in [1.807, 2.05) is 12.1 Å². The van der Waals surface area contributed by atoms with Gasteiger partial charge < -0.3 is 0 Å². The van der Waals surface area contributed by atoms with E-state index in [1.54, 1.807) is 49.1 Å². The van der Waals surface area contributed by atoms with Crippen LogP contribution < -0.4 is 0 Å². The van der Waals surface area contributed by atoms with Gasteiger partial charge in [0.25, 0.3) is 0 Å². The number of rotatable bonds is 0. The van der Waals surface area contributed by atoms with E-state index >= 15 is 0 Å². The predicted molar refractivity (Wildman–Crippen MR) is 69.6 cm³/mol. The van der Waals surface area contributed by atoms with E-state index in [4.69, 9.17) is 29.4 Å². The molecule has 0 amide bonds. The number of halogens is 2. The fraction of sp³-hybridized carbons (Fsp3) is 0. The molecule has 2 aromatic heterocycles. The number of hydrogen-bond acceptors (Lipinski definition) is 4. The molecule has 0 unspecified atom stereocenters. The van der Waals surface area contributed by atoms with Gasteiger partial charge in [-0.1, -0.05) is 0 Å². The molecule has 0 spiro atoms. The Balaban J connectivity index is 0.000000284. The van der Waals surface area contributed by atoms with Crippen molar-refractivity contribution < 1.29 is 16.5 Å². The van der Waals surface area contributed by atoms with Crippen LogP contribution in [0.4, 0.5) is 0 Å². The third-order valence-electron chi connectivity index (χ3n) is 1.62. The predicted octanol–water partition coefficient (Wildman–Crippen LogP) is 3.28. The SMILES string of the molecule is N#Cc1ccncc1.N#Cc1ccncc1.[Cl][Pt][Cl]. The molecule has 0 fully saturated rings. The van der Waals surface area contributed by atoms with Crippen molar-refractivity contribution in [2.24, 2.45) is 0 Å². The van der Waals surface area contributed by atoms with Gasteiger partial charge in [0.2, 0.25) is 0 Å². The molecule has 0 N–H and O–H groups in total. The zero-order valence-electron chi connectivity index (χ0n) is 9.48. The second kappa shape index (κ2) is 13.0. The van der Waals surface area contributed by atoms with E-state index in [0.29, 0.717) is 11.1 Å². The van der Waals surface area contributed by atoms with Gasteiger partial charge in [-0.2, -0.15) is 10.5 Å². The van der Waals surface area contributed by atoms with Crippen LogP contribution in [0.1, 0.15) is 11.1 Å². The zero-order chi connectivity index (χ0) is 14.3. The summed E-state index contributed by atoms with van der Waals surface area (Å²) in [5.74, 6) is 0. The van der Waals surface area contributed by atoms with Gasteiger partial charge in [-0.3, -0.25) is 9.97 Å². The van der Waals surface area contributed by atoms with Gasteiger partial charge in [-0.15, -0.1) is 0 Å². The summed E-state index contributed by atoms with van der Waals surface area (Å²) in [6, 6.07) is 10.6. The summed E-state index contributed by atoms with van der Waals surface area (Å²) in [5.41, 5.74) is 1.31. The van der Waals surface area contributed by atoms with Gasteiger partial charge in [0, 0.05) is 24.8 Å². The number of nitrogens with zero attached hydrogens (tertiary/aromatic N) is 4. The van der Waals surface area contributed by atoms with E-state index in [-0.39, 0.29) is 0 Å². The van der Waals surface area contributed by atoms with Crippen molar-refractivity contribution in [3.8, 4) is 12.1 Å². The summed E-state index contributed by atoms with van der Waals surface area (Å²) in [7, 11) is 9.75. The molecule has 0 aliphatic heterocycles. The topological polar surface area (TPSA) is 73.4 Å². The molecule has 2 heterocycles. The third-order valence-corrected chi connectivity index (χ3v) is 1.62. The summed E-state index contributed by atoms with van der Waals surface area (Å²) < 4.78 is 0. The first kappa shape index (κ1) is 17.5. The number of pyridine rings is 2. The first-order valence-corrected chi connectivity index (χ1v) is 10.3. The van der Waals surface area contributed by atoms with Crippen molar-refractivity contribution in [1.29, 1.82) is 10.5 Å². The van der Waals surface area contributed by atoms with Crippen molar-refractivity contribution in [3.05, 3.63) is 60.2 Å². The molecular weight excluding hydrogens is 466 g/mol. The van der Waals surface area contributed by atoms with Crippen molar-refractivity contribution in [3.63, 3.8) is 0 Å². The maximum atomic E-state index is 8.26. The van der Waals surface area contributed by atoms with Crippen LogP contribution in [0.2, 0.25) is 0 Å². The van der Waals surface area contributed by atoms with Gasteiger partial charge in [0.1, 0.15) is 0 Å². The Labute approximate surface area is 128 Å². The molecule has 2 aromatic rings. The van der Waals surface area contributed by atoms with E-state index < -0.39 is 16.5 Å². The van der Waals surface area contributed by atoms with Gasteiger partial charge >= 0.3 is 35.3 Å². The first-order valence-electron chi connectivity index (χ1n) is 4.71. The first-order chi connectivity index (χ1) is 9.28. The fourth-order valence-corrected chi connectivity index (χ4v) is 0.853. The molecule has 0 bridgehead atoms. The third kappa shape index (κ3) is 10.2. The fourth-order valence-electron chi connectivity index (χ4n) is 0.853. The minimum atomic E-state index is -0.472. The van der Waals surface area contributed by atoms with Gasteiger partial charge in [0.15, 0.2) is 0 Å². The molecule has 0 aromatic carbocycles. The molecule has 0 saturated heterocycles. The standard InChI is InChI=1S/2C6H4N2.2ClH.Pt/c2*7-5-6-1-3-8-4-2-6;;;/h2*1-4H;2*1H;/q;;;;+2/p-2. The van der Waals surface area contributed by atoms with E-state index in [1.165, 1.54) is 0 Å². The minimum absolute atomic E-state index is 0.472. The molecule has 0 radical (unpaired) electrons. The van der Waals surface area contributed by atoms with Gasteiger partial charge in [0.05, 0.1) is 23.3 Å². The summed E-state index contributed by atoms with van der Waals surface area (Å²) in [6.07, 6.45) is 6.38. The van der Waals surface area contributed by atoms with Crippen LogP contribution in [-0.4, -0.2) is 9.97 Å². The molecule has 2 rings (SSSR count). The van der Waals surface area contributed by atoms with Crippen LogP contribution in [-0.2, 0) is 16.5 Å². The van der Waals surface area contributed by atoms with Crippen LogP contribution in [0.25, 0.3) is 0 Å². The zero-order valence-corrected chi connectivity index (χ0v) is 13.3. The molecule has 0 atom stereocenters. The van der Waals surface area contributed by atoms with Crippen molar-refractivity contribution in [1.82, 2.24) is 9.97 Å². The molecule has 19 heavy (non-hydrogen) atoms. The van der Waals surface area contributed by atoms with Crippen LogP contribution >= 0.6 is 18.8 Å². The van der Waals surface area contributed by atoms with Crippen molar-refractivity contribution in [2.75, 3.05) is 0 Å². The second-order valence-corrected chi connectivity index (χ2v) is 6.02. The summed E-state index contributed by atoms with van der Waals surface area (Å²) in [6.45, 7) is 0. The molecule has 100 valence electrons. The number of hydrogen-bond donors (Lipinski definition) is 0. The van der Waals surface area contributed by atoms with E-state index in [2.05, 4.69) is 9.97 Å². The molecule has 7 heteroatoms. The summed E-state index contributed by atoms with van der Waals surface area (Å²) in [4.78, 5) is 7.48. The molecule has 4 nitrogen and oxygen atoms in total. The summed E-state index contributed by atoms with van der Waals surface area (Å²) in [5, 5.41) is 16.5. The van der Waals surface area contributed by atoms with Crippen molar-refractivity contribution in [2.45, 2.75) is 0 Å². The summed E-state index contributed by atoms with van der Waals surface area (Å²) >= 11 is -0.472. The average Bonchev–Trinajstić information content (AvgIpc) is 2.50. The number of aromatic nitrogens is 2. The Bertz CT molecular complexity index is 473. The van der Waals surface area contributed by atoms with E-state index in [9.17, 15) is 0 Å². The Morgan fingerprint density at radius 2 is 1.05 bits per heavy atom. The van der Waals surface area contributed by atoms with Gasteiger partial charge in [-0.05, 0) is 24.3 Å². The molecule has 0 aliphatic rings. The van der Waals surface area contributed by atoms with Crippen LogP contribution in [0, 0.1) is 22.7 Å². The number of nitriles is 2. The normalized spacial score (nSPS) is 7.79.